The summed E-state index contributed by atoms with van der Waals surface area (Å²) in [7, 11) is -1.72. The van der Waals surface area contributed by atoms with Gasteiger partial charge in [0, 0.05) is 42.8 Å². The Balaban J connectivity index is 1.47. The topological polar surface area (TPSA) is 111 Å². The maximum Gasteiger partial charge on any atom is 0.264 e. The highest BCUT2D eigenvalue weighted by Crippen LogP contribution is 2.60. The van der Waals surface area contributed by atoms with E-state index in [1.54, 1.807) is 48.1 Å². The van der Waals surface area contributed by atoms with E-state index >= 15 is 4.11 Å². The monoisotopic (exact) mass is 560 g/mol. The van der Waals surface area contributed by atoms with Gasteiger partial charge in [0.15, 0.2) is 5.60 Å². The third-order valence-electron chi connectivity index (χ3n) is 9.31. The van der Waals surface area contributed by atoms with Gasteiger partial charge in [-0.3, -0.25) is 14.4 Å². The summed E-state index contributed by atoms with van der Waals surface area (Å²) in [6, 6.07) is 5.14. The number of amides is 3. The Bertz CT molecular complexity index is 1140. The molecular formula is C28H41FN4O5Si. The van der Waals surface area contributed by atoms with Gasteiger partial charge in [0.25, 0.3) is 5.91 Å². The van der Waals surface area contributed by atoms with Gasteiger partial charge >= 0.3 is 0 Å². The smallest absolute Gasteiger partial charge is 0.264 e. The zero-order valence-electron chi connectivity index (χ0n) is 23.3. The lowest BCUT2D eigenvalue weighted by molar-refractivity contribution is -0.149. The predicted octanol–water partition coefficient (Wildman–Crippen LogP) is 2.75. The van der Waals surface area contributed by atoms with Crippen LogP contribution >= 0.6 is 0 Å². The van der Waals surface area contributed by atoms with E-state index in [0.29, 0.717) is 30.0 Å². The lowest BCUT2D eigenvalue weighted by atomic mass is 9.82. The van der Waals surface area contributed by atoms with Gasteiger partial charge in [0.05, 0.1) is 36.8 Å². The van der Waals surface area contributed by atoms with E-state index in [1.165, 1.54) is 0 Å². The minimum atomic E-state index is -3.40. The van der Waals surface area contributed by atoms with Crippen molar-refractivity contribution in [2.45, 2.75) is 75.4 Å². The third-order valence-corrected chi connectivity index (χ3v) is 11.8. The standard InChI is InChI=1S/C28H41FN4O5Si/c1-17-25(39(3,4)29)23(14-24(35)33-12-6-8-20(33)16-34)38-28(17)21-13-19(9-10-22(21)32(2)27(28)37)31-26(36)18-7-5-11-30-15-18/h9-10,13,17-18,20,23,25,30,34H,5-8,11-12,14-16H2,1-4H3,(H,31,36)/t17-,18?,20+,23+,25-,28+/m1/s1. The Labute approximate surface area is 230 Å². The van der Waals surface area contributed by atoms with Crippen LogP contribution in [0.15, 0.2) is 18.2 Å². The first-order chi connectivity index (χ1) is 18.5. The number of hydrogen-bond donors (Lipinski definition) is 3. The molecule has 3 N–H and O–H groups in total. The number of aliphatic hydroxyl groups excluding tert-OH is 1. The molecule has 1 unspecified atom stereocenters. The van der Waals surface area contributed by atoms with Crippen molar-refractivity contribution < 1.29 is 28.3 Å². The quantitative estimate of drug-likeness (QED) is 0.365. The molecule has 3 amide bonds. The number of carbonyl (C=O) groups excluding carboxylic acids is 3. The number of anilines is 2. The van der Waals surface area contributed by atoms with Crippen LogP contribution in [0.4, 0.5) is 15.5 Å². The van der Waals surface area contributed by atoms with Crippen LogP contribution in [-0.4, -0.2) is 81.6 Å². The van der Waals surface area contributed by atoms with Crippen molar-refractivity contribution in [2.24, 2.45) is 11.8 Å². The Morgan fingerprint density at radius 3 is 2.72 bits per heavy atom. The number of rotatable bonds is 6. The number of piperidine rings is 1. The van der Waals surface area contributed by atoms with E-state index in [2.05, 4.69) is 10.6 Å². The number of likely N-dealkylation sites (tertiary alicyclic amines) is 1. The fraction of sp³-hybridized carbons (Fsp3) is 0.679. The van der Waals surface area contributed by atoms with Crippen molar-refractivity contribution in [3.05, 3.63) is 23.8 Å². The molecule has 1 spiro atoms. The second-order valence-corrected chi connectivity index (χ2v) is 16.0. The predicted molar refractivity (Wildman–Crippen MR) is 149 cm³/mol. The minimum Gasteiger partial charge on any atom is -0.394 e. The summed E-state index contributed by atoms with van der Waals surface area (Å²) in [5, 5.41) is 16.0. The van der Waals surface area contributed by atoms with Crippen LogP contribution in [0.5, 0.6) is 0 Å². The molecule has 5 rings (SSSR count). The molecule has 0 bridgehead atoms. The molecule has 4 aliphatic rings. The van der Waals surface area contributed by atoms with E-state index < -0.39 is 31.6 Å². The van der Waals surface area contributed by atoms with Crippen LogP contribution in [0.3, 0.4) is 0 Å². The molecule has 0 aliphatic carbocycles. The normalized spacial score (nSPS) is 32.7. The summed E-state index contributed by atoms with van der Waals surface area (Å²) >= 11 is 0. The van der Waals surface area contributed by atoms with Crippen LogP contribution in [-0.2, 0) is 24.7 Å². The van der Waals surface area contributed by atoms with Gasteiger partial charge in [-0.2, -0.15) is 0 Å². The Morgan fingerprint density at radius 2 is 2.05 bits per heavy atom. The highest BCUT2D eigenvalue weighted by atomic mass is 28.4. The Hall–Kier alpha value is -2.34. The molecule has 214 valence electrons. The Morgan fingerprint density at radius 1 is 1.28 bits per heavy atom. The first-order valence-electron chi connectivity index (χ1n) is 14.2. The van der Waals surface area contributed by atoms with Gasteiger partial charge in [-0.15, -0.1) is 0 Å². The van der Waals surface area contributed by atoms with E-state index in [-0.39, 0.29) is 42.7 Å². The zero-order chi connectivity index (χ0) is 28.1. The largest absolute Gasteiger partial charge is 0.394 e. The molecular weight excluding hydrogens is 519 g/mol. The second kappa shape index (κ2) is 10.6. The van der Waals surface area contributed by atoms with Crippen LogP contribution in [0.1, 0.15) is 44.6 Å². The van der Waals surface area contributed by atoms with Crippen molar-refractivity contribution in [1.29, 1.82) is 0 Å². The molecule has 4 aliphatic heterocycles. The summed E-state index contributed by atoms with van der Waals surface area (Å²) in [5.41, 5.74) is -0.197. The summed E-state index contributed by atoms with van der Waals surface area (Å²) in [6.07, 6.45) is 2.51. The fourth-order valence-electron chi connectivity index (χ4n) is 7.39. The van der Waals surface area contributed by atoms with Crippen molar-refractivity contribution in [3.8, 4) is 0 Å². The molecule has 4 heterocycles. The third kappa shape index (κ3) is 4.81. The summed E-state index contributed by atoms with van der Waals surface area (Å²) in [6.45, 7) is 7.07. The van der Waals surface area contributed by atoms with Crippen LogP contribution in [0, 0.1) is 11.8 Å². The Kier molecular flexibility index (Phi) is 7.64. The number of nitrogens with zero attached hydrogens (tertiary/aromatic N) is 2. The average Bonchev–Trinajstić information content (AvgIpc) is 3.55. The van der Waals surface area contributed by atoms with Crippen molar-refractivity contribution >= 4 is 37.5 Å². The van der Waals surface area contributed by atoms with Gasteiger partial charge < -0.3 is 34.4 Å². The molecule has 1 aromatic carbocycles. The molecule has 3 saturated heterocycles. The first-order valence-corrected chi connectivity index (χ1v) is 17.2. The number of carbonyl (C=O) groups is 3. The first kappa shape index (κ1) is 28.2. The lowest BCUT2D eigenvalue weighted by Gasteiger charge is -2.31. The van der Waals surface area contributed by atoms with Crippen molar-refractivity contribution in [3.63, 3.8) is 0 Å². The molecule has 3 fully saturated rings. The number of hydrogen-bond acceptors (Lipinski definition) is 6. The zero-order valence-corrected chi connectivity index (χ0v) is 24.3. The van der Waals surface area contributed by atoms with Gasteiger partial charge in [0.2, 0.25) is 20.2 Å². The summed E-state index contributed by atoms with van der Waals surface area (Å²) in [4.78, 5) is 43.4. The number of ether oxygens (including phenoxy) is 1. The van der Waals surface area contributed by atoms with Gasteiger partial charge in [0.1, 0.15) is 0 Å². The summed E-state index contributed by atoms with van der Waals surface area (Å²) in [5.74, 6) is -1.17. The second-order valence-electron chi connectivity index (χ2n) is 12.2. The fourth-order valence-corrected chi connectivity index (χ4v) is 9.89. The molecule has 1 aromatic rings. The minimum absolute atomic E-state index is 0.0367. The van der Waals surface area contributed by atoms with Crippen molar-refractivity contribution in [2.75, 3.05) is 43.5 Å². The molecule has 39 heavy (non-hydrogen) atoms. The number of likely N-dealkylation sites (N-methyl/N-ethyl adjacent to an activating group) is 1. The number of benzene rings is 1. The maximum absolute atomic E-state index is 16.0. The van der Waals surface area contributed by atoms with Gasteiger partial charge in [-0.1, -0.05) is 6.92 Å². The van der Waals surface area contributed by atoms with Crippen molar-refractivity contribution in [1.82, 2.24) is 10.2 Å². The highest BCUT2D eigenvalue weighted by Gasteiger charge is 2.66. The lowest BCUT2D eigenvalue weighted by Crippen LogP contribution is -2.44. The highest BCUT2D eigenvalue weighted by molar-refractivity contribution is 6.72. The molecule has 9 nitrogen and oxygen atoms in total. The molecule has 0 saturated carbocycles. The number of aliphatic hydroxyl groups is 1. The van der Waals surface area contributed by atoms with E-state index in [1.807, 2.05) is 6.92 Å². The van der Waals surface area contributed by atoms with Gasteiger partial charge in [-0.25, -0.2) is 0 Å². The van der Waals surface area contributed by atoms with E-state index in [9.17, 15) is 19.5 Å². The molecule has 0 radical (unpaired) electrons. The van der Waals surface area contributed by atoms with Crippen LogP contribution < -0.4 is 15.5 Å². The van der Waals surface area contributed by atoms with E-state index in [4.69, 9.17) is 4.74 Å². The molecule has 11 heteroatoms. The van der Waals surface area contributed by atoms with Crippen LogP contribution in [0.25, 0.3) is 0 Å². The average molecular weight is 561 g/mol. The van der Waals surface area contributed by atoms with E-state index in [0.717, 1.165) is 32.2 Å². The number of halogens is 1. The molecule has 6 atom stereocenters. The number of nitrogens with one attached hydrogen (secondary N) is 2. The SMILES string of the molecule is C[C@@H]1[C@@H]([Si](C)(C)F)[C@H](CC(=O)N2CCC[C@H]2CO)O[C@@]12C(=O)N(C)c1ccc(NC(=O)C3CCCNC3)cc12. The summed E-state index contributed by atoms with van der Waals surface area (Å²) < 4.78 is 22.6. The molecule has 0 aromatic heterocycles. The number of fused-ring (bicyclic) bond motifs is 2. The van der Waals surface area contributed by atoms with Gasteiger partial charge in [-0.05, 0) is 63.5 Å². The van der Waals surface area contributed by atoms with Crippen LogP contribution in [0.2, 0.25) is 18.6 Å². The maximum atomic E-state index is 16.0.